The number of hydrogen-bond donors (Lipinski definition) is 2. The lowest BCUT2D eigenvalue weighted by Gasteiger charge is -2.09. The lowest BCUT2D eigenvalue weighted by molar-refractivity contribution is 0.0529. The summed E-state index contributed by atoms with van der Waals surface area (Å²) in [7, 11) is 3.76. The van der Waals surface area contributed by atoms with Gasteiger partial charge in [0, 0.05) is 10.9 Å². The molecule has 1 amide bonds. The molecule has 0 fully saturated rings. The average Bonchev–Trinajstić information content (AvgIpc) is 3.40. The number of nitrogens with zero attached hydrogens (tertiary/aromatic N) is 2. The van der Waals surface area contributed by atoms with Crippen LogP contribution in [0.3, 0.4) is 0 Å². The van der Waals surface area contributed by atoms with Crippen molar-refractivity contribution in [2.24, 2.45) is 0 Å². The molecule has 0 spiro atoms. The Morgan fingerprint density at radius 3 is 2.51 bits per heavy atom. The number of nitrogens with one attached hydrogen (secondary N) is 2. The number of ether oxygens (including phenoxy) is 2. The van der Waals surface area contributed by atoms with Gasteiger partial charge in [-0.15, -0.1) is 22.7 Å². The summed E-state index contributed by atoms with van der Waals surface area (Å²) in [6.45, 7) is 6.59. The number of H-pyrrole nitrogens is 1. The molecule has 194 valence electrons. The Bertz CT molecular complexity index is 1500. The minimum atomic E-state index is -0.526. The number of thiophene rings is 2. The molecule has 0 radical (unpaired) electrons. The first-order valence-electron chi connectivity index (χ1n) is 11.7. The maximum Gasteiger partial charge on any atom is 0.341 e. The van der Waals surface area contributed by atoms with Gasteiger partial charge >= 0.3 is 5.97 Å². The van der Waals surface area contributed by atoms with E-state index in [1.165, 1.54) is 11.3 Å². The zero-order chi connectivity index (χ0) is 26.7. The molecule has 0 aliphatic heterocycles. The highest BCUT2D eigenvalue weighted by molar-refractivity contribution is 7.21. The number of hydrogen-bond acceptors (Lipinski definition) is 9. The van der Waals surface area contributed by atoms with E-state index in [1.54, 1.807) is 13.8 Å². The van der Waals surface area contributed by atoms with Crippen molar-refractivity contribution in [3.05, 3.63) is 61.8 Å². The van der Waals surface area contributed by atoms with Crippen molar-refractivity contribution in [1.82, 2.24) is 14.9 Å². The topological polar surface area (TPSA) is 114 Å². The summed E-state index contributed by atoms with van der Waals surface area (Å²) in [5, 5.41) is 5.45. The van der Waals surface area contributed by atoms with Crippen LogP contribution in [-0.4, -0.2) is 54.1 Å². The fourth-order valence-electron chi connectivity index (χ4n) is 3.91. The van der Waals surface area contributed by atoms with E-state index in [0.717, 1.165) is 22.6 Å². The van der Waals surface area contributed by atoms with Gasteiger partial charge < -0.3 is 24.7 Å². The third kappa shape index (κ3) is 5.58. The maximum atomic E-state index is 13.4. The fraction of sp³-hybridized carbons (Fsp3) is 0.308. The zero-order valence-corrected chi connectivity index (χ0v) is 22.9. The third-order valence-electron chi connectivity index (χ3n) is 5.50. The van der Waals surface area contributed by atoms with Gasteiger partial charge in [-0.05, 0) is 58.1 Å². The Balaban J connectivity index is 1.70. The standard InChI is InChI=1S/C26H28N4O5S2/c1-6-34-16-10-8-15(9-11-16)17-13-36-24(20(17)26(33)35-7-2)29-23(32)21-14(3)19-22(31)27-18(12-30(4)5)28-25(19)37-21/h8-11,13H,6-7,12H2,1-5H3,(H,29,32)(H,27,28,31). The summed E-state index contributed by atoms with van der Waals surface area (Å²) in [5.74, 6) is 0.311. The molecule has 0 saturated carbocycles. The Morgan fingerprint density at radius 1 is 1.14 bits per heavy atom. The molecule has 3 heterocycles. The Hall–Kier alpha value is -3.54. The van der Waals surface area contributed by atoms with Crippen LogP contribution in [0.2, 0.25) is 0 Å². The average molecular weight is 541 g/mol. The number of benzene rings is 1. The molecule has 0 aliphatic rings. The predicted molar refractivity (Wildman–Crippen MR) is 147 cm³/mol. The molecule has 4 rings (SSSR count). The molecule has 0 bridgehead atoms. The van der Waals surface area contributed by atoms with Crippen molar-refractivity contribution in [2.45, 2.75) is 27.3 Å². The predicted octanol–water partition coefficient (Wildman–Crippen LogP) is 4.91. The van der Waals surface area contributed by atoms with Crippen LogP contribution in [-0.2, 0) is 11.3 Å². The van der Waals surface area contributed by atoms with Gasteiger partial charge in [-0.25, -0.2) is 9.78 Å². The molecule has 3 aromatic heterocycles. The van der Waals surface area contributed by atoms with Gasteiger partial charge in [0.25, 0.3) is 11.5 Å². The molecular weight excluding hydrogens is 512 g/mol. The number of fused-ring (bicyclic) bond motifs is 1. The Kier molecular flexibility index (Phi) is 8.06. The summed E-state index contributed by atoms with van der Waals surface area (Å²) in [6, 6.07) is 7.39. The van der Waals surface area contributed by atoms with Crippen LogP contribution in [0.4, 0.5) is 5.00 Å². The summed E-state index contributed by atoms with van der Waals surface area (Å²) in [4.78, 5) is 49.1. The van der Waals surface area contributed by atoms with Gasteiger partial charge in [0.15, 0.2) is 0 Å². The molecule has 37 heavy (non-hydrogen) atoms. The van der Waals surface area contributed by atoms with Crippen molar-refractivity contribution < 1.29 is 19.1 Å². The summed E-state index contributed by atoms with van der Waals surface area (Å²) < 4.78 is 10.8. The lowest BCUT2D eigenvalue weighted by atomic mass is 10.0. The minimum absolute atomic E-state index is 0.198. The molecule has 0 atom stereocenters. The second kappa shape index (κ2) is 11.2. The maximum absolute atomic E-state index is 13.4. The van der Waals surface area contributed by atoms with Gasteiger partial charge in [-0.2, -0.15) is 0 Å². The van der Waals surface area contributed by atoms with Gasteiger partial charge in [-0.1, -0.05) is 12.1 Å². The van der Waals surface area contributed by atoms with E-state index in [4.69, 9.17) is 9.47 Å². The van der Waals surface area contributed by atoms with Crippen LogP contribution >= 0.6 is 22.7 Å². The second-order valence-corrected chi connectivity index (χ2v) is 10.4. The molecule has 11 heteroatoms. The van der Waals surface area contributed by atoms with Crippen molar-refractivity contribution in [1.29, 1.82) is 0 Å². The van der Waals surface area contributed by atoms with E-state index < -0.39 is 11.9 Å². The van der Waals surface area contributed by atoms with Gasteiger partial charge in [0.05, 0.1) is 30.0 Å². The summed E-state index contributed by atoms with van der Waals surface area (Å²) in [6.07, 6.45) is 0. The second-order valence-electron chi connectivity index (χ2n) is 8.47. The number of carbonyl (C=O) groups is 2. The van der Waals surface area contributed by atoms with E-state index >= 15 is 0 Å². The number of anilines is 1. The molecule has 1 aromatic carbocycles. The monoisotopic (exact) mass is 540 g/mol. The van der Waals surface area contributed by atoms with Crippen molar-refractivity contribution in [3.63, 3.8) is 0 Å². The van der Waals surface area contributed by atoms with Crippen molar-refractivity contribution >= 4 is 49.8 Å². The van der Waals surface area contributed by atoms with Crippen molar-refractivity contribution in [3.8, 4) is 16.9 Å². The SMILES string of the molecule is CCOC(=O)c1c(-c2ccc(OCC)cc2)csc1NC(=O)c1sc2nc(CN(C)C)[nH]c(=O)c2c1C. The largest absolute Gasteiger partial charge is 0.494 e. The van der Waals surface area contributed by atoms with E-state index in [-0.39, 0.29) is 17.7 Å². The fourth-order valence-corrected chi connectivity index (χ4v) is 5.95. The normalized spacial score (nSPS) is 11.2. The smallest absolute Gasteiger partial charge is 0.341 e. The summed E-state index contributed by atoms with van der Waals surface area (Å²) >= 11 is 2.39. The van der Waals surface area contributed by atoms with Gasteiger partial charge in [-0.3, -0.25) is 9.59 Å². The summed E-state index contributed by atoms with van der Waals surface area (Å²) in [5.41, 5.74) is 2.00. The van der Waals surface area contributed by atoms with Crippen LogP contribution in [0.15, 0.2) is 34.4 Å². The first-order chi connectivity index (χ1) is 17.7. The molecule has 0 aliphatic carbocycles. The number of esters is 1. The first-order valence-corrected chi connectivity index (χ1v) is 13.4. The van der Waals surface area contributed by atoms with Crippen molar-refractivity contribution in [2.75, 3.05) is 32.6 Å². The van der Waals surface area contributed by atoms with E-state index in [9.17, 15) is 14.4 Å². The van der Waals surface area contributed by atoms with Gasteiger partial charge in [0.2, 0.25) is 0 Å². The molecule has 4 aromatic rings. The number of aromatic amines is 1. The number of amides is 1. The molecule has 9 nitrogen and oxygen atoms in total. The van der Waals surface area contributed by atoms with E-state index in [0.29, 0.717) is 50.2 Å². The highest BCUT2D eigenvalue weighted by atomic mass is 32.1. The van der Waals surface area contributed by atoms with E-state index in [1.807, 2.05) is 55.6 Å². The quantitative estimate of drug-likeness (QED) is 0.290. The number of carbonyl (C=O) groups excluding carboxylic acids is 2. The third-order valence-corrected chi connectivity index (χ3v) is 7.58. The Morgan fingerprint density at radius 2 is 1.86 bits per heavy atom. The van der Waals surface area contributed by atoms with Crippen LogP contribution in [0, 0.1) is 6.92 Å². The van der Waals surface area contributed by atoms with Gasteiger partial charge in [0.1, 0.15) is 27.0 Å². The molecule has 0 saturated heterocycles. The lowest BCUT2D eigenvalue weighted by Crippen LogP contribution is -2.18. The van der Waals surface area contributed by atoms with Crippen LogP contribution in [0.25, 0.3) is 21.3 Å². The Labute approximate surface area is 222 Å². The first kappa shape index (κ1) is 26.5. The number of rotatable bonds is 9. The van der Waals surface area contributed by atoms with Crippen LogP contribution in [0.5, 0.6) is 5.75 Å². The van der Waals surface area contributed by atoms with Crippen LogP contribution < -0.4 is 15.6 Å². The molecule has 0 unspecified atom stereocenters. The number of aromatic nitrogens is 2. The molecular formula is C26H28N4O5S2. The van der Waals surface area contributed by atoms with Crippen LogP contribution in [0.1, 0.15) is 45.3 Å². The number of aryl methyl sites for hydroxylation is 1. The zero-order valence-electron chi connectivity index (χ0n) is 21.3. The molecule has 2 N–H and O–H groups in total. The highest BCUT2D eigenvalue weighted by Crippen LogP contribution is 2.38. The van der Waals surface area contributed by atoms with E-state index in [2.05, 4.69) is 15.3 Å². The minimum Gasteiger partial charge on any atom is -0.494 e. The highest BCUT2D eigenvalue weighted by Gasteiger charge is 2.25.